The average Bonchev–Trinajstić information content (AvgIpc) is 3.48. The number of nitrogens with zero attached hydrogens (tertiary/aromatic N) is 3. The molecule has 0 saturated carbocycles. The minimum Gasteiger partial charge on any atom is -0.444 e. The Hall–Kier alpha value is -4.62. The first kappa shape index (κ1) is 36.7. The maximum Gasteiger partial charge on any atom is 0.422 e. The lowest BCUT2D eigenvalue weighted by molar-refractivity contribution is -0.147. The number of piperazine rings is 1. The van der Waals surface area contributed by atoms with E-state index < -0.39 is 5.76 Å². The highest BCUT2D eigenvalue weighted by atomic mass is 16.5. The number of allylic oxidation sites excluding steroid dienone is 6. The molecule has 0 N–H and O–H groups in total. The van der Waals surface area contributed by atoms with Gasteiger partial charge < -0.3 is 14.1 Å². The van der Waals surface area contributed by atoms with Crippen molar-refractivity contribution in [3.63, 3.8) is 0 Å². The Morgan fingerprint density at radius 1 is 0.760 bits per heavy atom. The second-order valence-corrected chi connectivity index (χ2v) is 13.0. The maximum absolute atomic E-state index is 12.8. The molecule has 0 unspecified atom stereocenters. The quantitative estimate of drug-likeness (QED) is 0.0560. The molecule has 1 aliphatic heterocycles. The summed E-state index contributed by atoms with van der Waals surface area (Å²) in [4.78, 5) is 30.1. The summed E-state index contributed by atoms with van der Waals surface area (Å²) >= 11 is 0. The fourth-order valence-corrected chi connectivity index (χ4v) is 6.42. The maximum atomic E-state index is 12.8. The predicted octanol–water partition coefficient (Wildman–Crippen LogP) is 9.67. The molecule has 4 aromatic rings. The fourth-order valence-electron chi connectivity index (χ4n) is 6.42. The van der Waals surface area contributed by atoms with E-state index >= 15 is 0 Å². The largest absolute Gasteiger partial charge is 0.444 e. The zero-order chi connectivity index (χ0) is 34.8. The van der Waals surface area contributed by atoms with Crippen molar-refractivity contribution in [3.8, 4) is 11.1 Å². The summed E-state index contributed by atoms with van der Waals surface area (Å²) < 4.78 is 12.7. The van der Waals surface area contributed by atoms with Crippen molar-refractivity contribution in [1.82, 2.24) is 9.47 Å². The summed E-state index contributed by atoms with van der Waals surface area (Å²) in [5, 5.41) is 0. The summed E-state index contributed by atoms with van der Waals surface area (Å²) in [6.45, 7) is 6.37. The molecule has 0 atom stereocenters. The van der Waals surface area contributed by atoms with Crippen LogP contribution in [-0.4, -0.2) is 41.6 Å². The number of esters is 1. The number of rotatable bonds is 19. The number of unbranched alkanes of at least 4 members (excludes halogenated alkanes) is 5. The first-order valence-corrected chi connectivity index (χ1v) is 18.5. The van der Waals surface area contributed by atoms with Crippen molar-refractivity contribution in [2.24, 2.45) is 0 Å². The molecule has 2 heterocycles. The molecular weight excluding hydrogens is 622 g/mol. The summed E-state index contributed by atoms with van der Waals surface area (Å²) in [6.07, 6.45) is 23.1. The standard InChI is InChI=1S/C43H53N3O4/c1-2-3-4-5-6-7-8-9-10-11-12-13-14-15-19-28-41(47)49-35-46-40-27-21-26-39(42(40)50-43(46)48)45-31-29-44(30-32-45)34-36-22-20-25-38(33-36)37-23-17-16-18-24-37/h3-4,6-7,9-10,16-18,20-27,33H,2,5,8,11-15,19,28-32,34-35H2,1H3/b4-3-,7-6-,10-9-. The number of carbonyl (C=O) groups excluding carboxylic acids is 1. The van der Waals surface area contributed by atoms with Crippen molar-refractivity contribution in [1.29, 1.82) is 0 Å². The van der Waals surface area contributed by atoms with Crippen molar-refractivity contribution in [2.75, 3.05) is 31.1 Å². The van der Waals surface area contributed by atoms with Gasteiger partial charge in [0.1, 0.15) is 0 Å². The van der Waals surface area contributed by atoms with Crippen LogP contribution < -0.4 is 10.7 Å². The van der Waals surface area contributed by atoms with Gasteiger partial charge in [0.25, 0.3) is 0 Å². The Morgan fingerprint density at radius 3 is 2.26 bits per heavy atom. The van der Waals surface area contributed by atoms with E-state index in [1.54, 1.807) is 0 Å². The normalized spacial score (nSPS) is 14.1. The zero-order valence-corrected chi connectivity index (χ0v) is 29.7. The molecule has 1 aliphatic rings. The van der Waals surface area contributed by atoms with Gasteiger partial charge in [-0.25, -0.2) is 9.36 Å². The van der Waals surface area contributed by atoms with Crippen LogP contribution in [0.25, 0.3) is 22.2 Å². The number of hydrogen-bond donors (Lipinski definition) is 0. The average molecular weight is 676 g/mol. The number of para-hydroxylation sites is 1. The van der Waals surface area contributed by atoms with Crippen LogP contribution in [0.4, 0.5) is 5.69 Å². The van der Waals surface area contributed by atoms with E-state index in [1.807, 2.05) is 24.3 Å². The van der Waals surface area contributed by atoms with E-state index in [0.717, 1.165) is 89.8 Å². The summed E-state index contributed by atoms with van der Waals surface area (Å²) in [5.74, 6) is -0.791. The number of fused-ring (bicyclic) bond motifs is 1. The van der Waals surface area contributed by atoms with Crippen LogP contribution in [0.5, 0.6) is 0 Å². The van der Waals surface area contributed by atoms with Gasteiger partial charge in [0.05, 0.1) is 11.2 Å². The van der Waals surface area contributed by atoms with Crippen LogP contribution in [-0.2, 0) is 22.8 Å². The predicted molar refractivity (Wildman–Crippen MR) is 205 cm³/mol. The zero-order valence-electron chi connectivity index (χ0n) is 29.7. The third-order valence-electron chi connectivity index (χ3n) is 9.21. The minimum absolute atomic E-state index is 0.138. The molecule has 0 amide bonds. The molecule has 50 heavy (non-hydrogen) atoms. The molecule has 7 heteroatoms. The number of aromatic nitrogens is 1. The second kappa shape index (κ2) is 20.1. The number of carbonyl (C=O) groups is 1. The molecule has 1 fully saturated rings. The molecule has 0 bridgehead atoms. The molecule has 1 saturated heterocycles. The highest BCUT2D eigenvalue weighted by Gasteiger charge is 2.22. The Labute approximate surface area is 297 Å². The molecule has 1 aromatic heterocycles. The van der Waals surface area contributed by atoms with Crippen LogP contribution in [0.1, 0.15) is 76.7 Å². The first-order chi connectivity index (χ1) is 24.6. The van der Waals surface area contributed by atoms with Crippen molar-refractivity contribution in [3.05, 3.63) is 125 Å². The van der Waals surface area contributed by atoms with Crippen molar-refractivity contribution < 1.29 is 13.9 Å². The van der Waals surface area contributed by atoms with Gasteiger partial charge in [-0.05, 0) is 73.4 Å². The summed E-state index contributed by atoms with van der Waals surface area (Å²) in [6, 6.07) is 25.0. The smallest absolute Gasteiger partial charge is 0.422 e. The third kappa shape index (κ3) is 11.2. The van der Waals surface area contributed by atoms with E-state index in [-0.39, 0.29) is 12.7 Å². The van der Waals surface area contributed by atoms with Gasteiger partial charge in [0.2, 0.25) is 0 Å². The SMILES string of the molecule is CC/C=C\C/C=C\C/C=C\CCCCCCCC(=O)OCn1c(=O)oc2c(N3CCN(Cc4cccc(-c5ccccc5)c4)CC3)cccc21. The minimum atomic E-state index is -0.508. The molecule has 0 radical (unpaired) electrons. The number of oxazole rings is 1. The van der Waals surface area contributed by atoms with Gasteiger partial charge in [-0.15, -0.1) is 0 Å². The Bertz CT molecular complexity index is 1760. The van der Waals surface area contributed by atoms with Gasteiger partial charge in [-0.2, -0.15) is 0 Å². The van der Waals surface area contributed by atoms with E-state index in [2.05, 4.69) is 102 Å². The fraction of sp³-hybridized carbons (Fsp3) is 0.395. The lowest BCUT2D eigenvalue weighted by Gasteiger charge is -2.36. The van der Waals surface area contributed by atoms with Gasteiger partial charge in [-0.3, -0.25) is 9.69 Å². The molecule has 7 nitrogen and oxygen atoms in total. The number of benzene rings is 3. The summed E-state index contributed by atoms with van der Waals surface area (Å²) in [7, 11) is 0. The molecule has 0 aliphatic carbocycles. The number of hydrogen-bond acceptors (Lipinski definition) is 6. The lowest BCUT2D eigenvalue weighted by Crippen LogP contribution is -2.46. The Kier molecular flexibility index (Phi) is 14.8. The van der Waals surface area contributed by atoms with E-state index in [4.69, 9.17) is 9.15 Å². The molecular formula is C43H53N3O4. The third-order valence-corrected chi connectivity index (χ3v) is 9.21. The topological polar surface area (TPSA) is 67.9 Å². The molecule has 264 valence electrons. The molecule has 0 spiro atoms. The number of ether oxygens (including phenoxy) is 1. The van der Waals surface area contributed by atoms with Gasteiger partial charge in [-0.1, -0.05) is 117 Å². The lowest BCUT2D eigenvalue weighted by atomic mass is 10.0. The van der Waals surface area contributed by atoms with E-state index in [1.165, 1.54) is 27.7 Å². The summed E-state index contributed by atoms with van der Waals surface area (Å²) in [5.41, 5.74) is 5.86. The van der Waals surface area contributed by atoms with Crippen molar-refractivity contribution >= 4 is 22.8 Å². The highest BCUT2D eigenvalue weighted by molar-refractivity contribution is 5.87. The Morgan fingerprint density at radius 2 is 1.46 bits per heavy atom. The van der Waals surface area contributed by atoms with Crippen molar-refractivity contribution in [2.45, 2.75) is 84.4 Å². The van der Waals surface area contributed by atoms with Gasteiger partial charge >= 0.3 is 11.7 Å². The Balaban J connectivity index is 1.01. The van der Waals surface area contributed by atoms with Crippen LogP contribution >= 0.6 is 0 Å². The van der Waals surface area contributed by atoms with Crippen LogP contribution in [0.2, 0.25) is 0 Å². The highest BCUT2D eigenvalue weighted by Crippen LogP contribution is 2.28. The van der Waals surface area contributed by atoms with Crippen LogP contribution in [0, 0.1) is 0 Å². The van der Waals surface area contributed by atoms with E-state index in [0.29, 0.717) is 17.5 Å². The first-order valence-electron chi connectivity index (χ1n) is 18.5. The molecule has 3 aromatic carbocycles. The monoisotopic (exact) mass is 675 g/mol. The number of anilines is 1. The van der Waals surface area contributed by atoms with E-state index in [9.17, 15) is 9.59 Å². The van der Waals surface area contributed by atoms with Crippen LogP contribution in [0.3, 0.4) is 0 Å². The van der Waals surface area contributed by atoms with Gasteiger partial charge in [0.15, 0.2) is 12.3 Å². The van der Waals surface area contributed by atoms with Gasteiger partial charge in [0, 0.05) is 39.1 Å². The van der Waals surface area contributed by atoms with Crippen LogP contribution in [0.15, 0.2) is 118 Å². The second-order valence-electron chi connectivity index (χ2n) is 13.0. The molecule has 5 rings (SSSR count).